The van der Waals surface area contributed by atoms with Crippen LogP contribution < -0.4 is 5.32 Å². The van der Waals surface area contributed by atoms with Crippen molar-refractivity contribution < 1.29 is 9.59 Å². The van der Waals surface area contributed by atoms with E-state index in [9.17, 15) is 9.59 Å². The molecule has 0 aliphatic carbocycles. The minimum absolute atomic E-state index is 0.0207. The molecule has 3 heterocycles. The molecule has 1 fully saturated rings. The van der Waals surface area contributed by atoms with Gasteiger partial charge in [-0.1, -0.05) is 0 Å². The van der Waals surface area contributed by atoms with Crippen molar-refractivity contribution in [3.05, 3.63) is 24.3 Å². The Hall–Kier alpha value is -2.84. The molecule has 1 saturated heterocycles. The Bertz CT molecular complexity index is 754. The predicted octanol–water partition coefficient (Wildman–Crippen LogP) is -0.454. The molecule has 23 heavy (non-hydrogen) atoms. The van der Waals surface area contributed by atoms with E-state index in [1.807, 2.05) is 0 Å². The highest BCUT2D eigenvalue weighted by Gasteiger charge is 2.27. The molecule has 9 heteroatoms. The molecule has 9 nitrogen and oxygen atoms in total. The Balaban J connectivity index is 1.65. The Morgan fingerprint density at radius 2 is 2.35 bits per heavy atom. The number of amides is 2. The molecule has 120 valence electrons. The normalized spacial score (nSPS) is 18.0. The summed E-state index contributed by atoms with van der Waals surface area (Å²) in [5, 5.41) is 6.58. The van der Waals surface area contributed by atoms with Crippen LogP contribution in [0.1, 0.15) is 23.3 Å². The van der Waals surface area contributed by atoms with E-state index in [1.54, 1.807) is 18.2 Å². The average Bonchev–Trinajstić information content (AvgIpc) is 3.21. The number of hydrogen-bond acceptors (Lipinski definition) is 6. The van der Waals surface area contributed by atoms with Gasteiger partial charge in [0.1, 0.15) is 12.0 Å². The van der Waals surface area contributed by atoms with Crippen molar-refractivity contribution in [3.63, 3.8) is 0 Å². The highest BCUT2D eigenvalue weighted by molar-refractivity contribution is 5.95. The first-order valence-electron chi connectivity index (χ1n) is 7.35. The molecule has 0 saturated carbocycles. The van der Waals surface area contributed by atoms with E-state index in [4.69, 9.17) is 0 Å². The van der Waals surface area contributed by atoms with Crippen molar-refractivity contribution in [1.29, 1.82) is 0 Å². The summed E-state index contributed by atoms with van der Waals surface area (Å²) in [5.41, 5.74) is 0.286. The smallest absolute Gasteiger partial charge is 0.270 e. The van der Waals surface area contributed by atoms with E-state index >= 15 is 0 Å². The number of likely N-dealkylation sites (tertiary alicyclic amines) is 1. The summed E-state index contributed by atoms with van der Waals surface area (Å²) < 4.78 is 1.34. The van der Waals surface area contributed by atoms with Crippen LogP contribution in [0.15, 0.2) is 23.6 Å². The molecule has 2 amide bonds. The molecule has 0 unspecified atom stereocenters. The lowest BCUT2D eigenvalue weighted by molar-refractivity contribution is -0.129. The Morgan fingerprint density at radius 1 is 1.48 bits per heavy atom. The second kappa shape index (κ2) is 6.51. The van der Waals surface area contributed by atoms with Crippen LogP contribution in [-0.2, 0) is 4.79 Å². The van der Waals surface area contributed by atoms with Crippen LogP contribution in [0.3, 0.4) is 0 Å². The molecular weight excluding hydrogens is 298 g/mol. The predicted molar refractivity (Wildman–Crippen MR) is 82.3 cm³/mol. The van der Waals surface area contributed by atoms with Crippen molar-refractivity contribution in [2.24, 2.45) is 4.99 Å². The summed E-state index contributed by atoms with van der Waals surface area (Å²) in [7, 11) is 1.69. The quantitative estimate of drug-likeness (QED) is 0.769. The summed E-state index contributed by atoms with van der Waals surface area (Å²) in [5.74, 6) is -0.177. The van der Waals surface area contributed by atoms with Crippen molar-refractivity contribution in [2.45, 2.75) is 18.9 Å². The van der Waals surface area contributed by atoms with Gasteiger partial charge in [0.05, 0.1) is 12.6 Å². The van der Waals surface area contributed by atoms with Gasteiger partial charge in [-0.25, -0.2) is 4.98 Å². The first-order chi connectivity index (χ1) is 11.2. The van der Waals surface area contributed by atoms with Gasteiger partial charge < -0.3 is 10.2 Å². The molecule has 2 aromatic heterocycles. The zero-order valence-corrected chi connectivity index (χ0v) is 12.7. The zero-order chi connectivity index (χ0) is 16.2. The van der Waals surface area contributed by atoms with E-state index in [2.05, 4.69) is 25.4 Å². The minimum atomic E-state index is -0.392. The van der Waals surface area contributed by atoms with E-state index in [1.165, 1.54) is 23.1 Å². The maximum absolute atomic E-state index is 12.3. The number of carbonyl (C=O) groups excluding carboxylic acids is 2. The lowest BCUT2D eigenvalue weighted by Gasteiger charge is -2.21. The number of rotatable bonds is 4. The van der Waals surface area contributed by atoms with Crippen molar-refractivity contribution in [2.75, 3.05) is 20.1 Å². The third-order valence-corrected chi connectivity index (χ3v) is 3.75. The number of nitrogens with zero attached hydrogens (tertiary/aromatic N) is 6. The minimum Gasteiger partial charge on any atom is -0.342 e. The highest BCUT2D eigenvalue weighted by atomic mass is 16.2. The van der Waals surface area contributed by atoms with Crippen LogP contribution in [0.25, 0.3) is 5.78 Å². The summed E-state index contributed by atoms with van der Waals surface area (Å²) in [4.78, 5) is 38.2. The van der Waals surface area contributed by atoms with Crippen LogP contribution in [0.2, 0.25) is 0 Å². The number of hydrogen-bond donors (Lipinski definition) is 1. The van der Waals surface area contributed by atoms with Gasteiger partial charge in [-0.3, -0.25) is 14.6 Å². The first kappa shape index (κ1) is 15.1. The van der Waals surface area contributed by atoms with Crippen LogP contribution in [0.4, 0.5) is 0 Å². The fourth-order valence-electron chi connectivity index (χ4n) is 2.69. The number of carbonyl (C=O) groups is 2. The van der Waals surface area contributed by atoms with Gasteiger partial charge >= 0.3 is 0 Å². The molecule has 0 radical (unpaired) electrons. The van der Waals surface area contributed by atoms with E-state index < -0.39 is 5.91 Å². The van der Waals surface area contributed by atoms with Crippen LogP contribution in [0, 0.1) is 0 Å². The highest BCUT2D eigenvalue weighted by Crippen LogP contribution is 2.15. The molecule has 1 aliphatic rings. The zero-order valence-electron chi connectivity index (χ0n) is 12.7. The molecule has 0 spiro atoms. The van der Waals surface area contributed by atoms with Gasteiger partial charge in [0, 0.05) is 26.0 Å². The van der Waals surface area contributed by atoms with Gasteiger partial charge in [0.2, 0.25) is 5.91 Å². The standard InChI is InChI=1S/C14H17N7O2/c1-15-7-10-3-2-6-20(10)12(22)8-17-13(23)11-4-5-16-14-18-9-19-21(11)14/h4-5,7,9-10H,2-3,6,8H2,1H3,(H,17,23)/t10-/m0/s1. The number of aromatic nitrogens is 4. The molecule has 0 bridgehead atoms. The average molecular weight is 315 g/mol. The molecule has 1 N–H and O–H groups in total. The summed E-state index contributed by atoms with van der Waals surface area (Å²) >= 11 is 0. The van der Waals surface area contributed by atoms with E-state index in [0.29, 0.717) is 12.3 Å². The lowest BCUT2D eigenvalue weighted by atomic mass is 10.2. The molecule has 1 atom stereocenters. The van der Waals surface area contributed by atoms with Gasteiger partial charge in [-0.2, -0.15) is 14.6 Å². The van der Waals surface area contributed by atoms with Gasteiger partial charge in [-0.15, -0.1) is 0 Å². The van der Waals surface area contributed by atoms with Crippen molar-refractivity contribution in [3.8, 4) is 0 Å². The lowest BCUT2D eigenvalue weighted by Crippen LogP contribution is -2.43. The second-order valence-electron chi connectivity index (χ2n) is 5.19. The molecular formula is C14H17N7O2. The summed E-state index contributed by atoms with van der Waals surface area (Å²) in [6.45, 7) is 0.624. The number of aliphatic imine (C=N–C) groups is 1. The molecule has 0 aromatic carbocycles. The Labute approximate surface area is 132 Å². The van der Waals surface area contributed by atoms with Gasteiger partial charge in [0.15, 0.2) is 0 Å². The molecule has 1 aliphatic heterocycles. The Morgan fingerprint density at radius 3 is 3.17 bits per heavy atom. The number of fused-ring (bicyclic) bond motifs is 1. The van der Waals surface area contributed by atoms with E-state index in [0.717, 1.165) is 12.8 Å². The van der Waals surface area contributed by atoms with E-state index in [-0.39, 0.29) is 24.2 Å². The Kier molecular flexibility index (Phi) is 4.26. The summed E-state index contributed by atoms with van der Waals surface area (Å²) in [6, 6.07) is 1.55. The fourth-order valence-corrected chi connectivity index (χ4v) is 2.69. The maximum atomic E-state index is 12.3. The first-order valence-corrected chi connectivity index (χ1v) is 7.35. The third kappa shape index (κ3) is 3.03. The van der Waals surface area contributed by atoms with Gasteiger partial charge in [0.25, 0.3) is 11.7 Å². The second-order valence-corrected chi connectivity index (χ2v) is 5.19. The topological polar surface area (TPSA) is 105 Å². The fraction of sp³-hybridized carbons (Fsp3) is 0.429. The molecule has 2 aromatic rings. The van der Waals surface area contributed by atoms with Crippen LogP contribution in [-0.4, -0.2) is 68.7 Å². The van der Waals surface area contributed by atoms with Crippen LogP contribution >= 0.6 is 0 Å². The monoisotopic (exact) mass is 315 g/mol. The van der Waals surface area contributed by atoms with Crippen LogP contribution in [0.5, 0.6) is 0 Å². The van der Waals surface area contributed by atoms with Crippen molar-refractivity contribution >= 4 is 23.8 Å². The van der Waals surface area contributed by atoms with Gasteiger partial charge in [-0.05, 0) is 18.9 Å². The van der Waals surface area contributed by atoms with Crippen molar-refractivity contribution in [1.82, 2.24) is 29.8 Å². The SMILES string of the molecule is CN=C[C@@H]1CCCN1C(=O)CNC(=O)c1ccnc2ncnn12. The summed E-state index contributed by atoms with van der Waals surface area (Å²) in [6.07, 6.45) is 6.42. The largest absolute Gasteiger partial charge is 0.342 e. The third-order valence-electron chi connectivity index (χ3n) is 3.75. The molecule has 3 rings (SSSR count). The number of nitrogens with one attached hydrogen (secondary N) is 1. The maximum Gasteiger partial charge on any atom is 0.270 e.